The van der Waals surface area contributed by atoms with Crippen molar-refractivity contribution < 1.29 is 13.9 Å². The Bertz CT molecular complexity index is 1000. The topological polar surface area (TPSA) is 49.2 Å². The molecule has 3 heterocycles. The van der Waals surface area contributed by atoms with Crippen molar-refractivity contribution >= 4 is 30.7 Å². The van der Waals surface area contributed by atoms with Crippen LogP contribution in [0.3, 0.4) is 0 Å². The van der Waals surface area contributed by atoms with Crippen LogP contribution in [0.1, 0.15) is 5.56 Å². The molecule has 150 valence electrons. The Kier molecular flexibility index (Phi) is 6.07. The third-order valence-corrected chi connectivity index (χ3v) is 6.53. The van der Waals surface area contributed by atoms with Crippen LogP contribution in [0, 0.1) is 12.7 Å². The Morgan fingerprint density at radius 1 is 1.25 bits per heavy atom. The van der Waals surface area contributed by atoms with Crippen LogP contribution < -0.4 is 4.74 Å². The summed E-state index contributed by atoms with van der Waals surface area (Å²) >= 11 is 6.13. The van der Waals surface area contributed by atoms with E-state index < -0.39 is 8.07 Å². The van der Waals surface area contributed by atoms with Gasteiger partial charge in [0.25, 0.3) is 0 Å². The molecule has 0 aliphatic carbocycles. The zero-order chi connectivity index (χ0) is 20.5. The maximum atomic E-state index is 14.2. The van der Waals surface area contributed by atoms with Crippen LogP contribution in [-0.2, 0) is 11.5 Å². The zero-order valence-electron chi connectivity index (χ0n) is 16.8. The monoisotopic (exact) mass is 421 g/mol. The van der Waals surface area contributed by atoms with Gasteiger partial charge >= 0.3 is 0 Å². The fourth-order valence-corrected chi connectivity index (χ4v) is 3.91. The average Bonchev–Trinajstić information content (AvgIpc) is 2.97. The second-order valence-corrected chi connectivity index (χ2v) is 14.0. The van der Waals surface area contributed by atoms with Crippen molar-refractivity contribution in [2.24, 2.45) is 0 Å². The van der Waals surface area contributed by atoms with Gasteiger partial charge < -0.3 is 14.0 Å². The molecular formula is C20H25ClFN3O2Si. The van der Waals surface area contributed by atoms with Crippen molar-refractivity contribution in [3.8, 4) is 17.0 Å². The first-order chi connectivity index (χ1) is 13.2. The fraction of sp³-hybridized carbons (Fsp3) is 0.400. The minimum atomic E-state index is -1.17. The molecule has 0 amide bonds. The summed E-state index contributed by atoms with van der Waals surface area (Å²) in [5, 5.41) is 1.23. The van der Waals surface area contributed by atoms with E-state index in [4.69, 9.17) is 21.1 Å². The number of fused-ring (bicyclic) bond motifs is 1. The predicted octanol–water partition coefficient (Wildman–Crippen LogP) is 5.52. The summed E-state index contributed by atoms with van der Waals surface area (Å²) in [6.45, 7) is 9.69. The largest absolute Gasteiger partial charge is 0.481 e. The quantitative estimate of drug-likeness (QED) is 0.286. The van der Waals surface area contributed by atoms with Crippen LogP contribution >= 0.6 is 11.6 Å². The standard InChI is InChI=1S/C20H25ClFN3O2Si/c1-13-16(22)10-23-20(26-2)18(13)15-11-25(12-27-8-9-28(3,4)5)19-14(15)6-7-17(21)24-19/h6-7,10-11H,8-9,12H2,1-5H3. The Hall–Kier alpha value is -1.96. The summed E-state index contributed by atoms with van der Waals surface area (Å²) < 4.78 is 27.4. The Labute approximate surface area is 170 Å². The third kappa shape index (κ3) is 4.37. The number of hydrogen-bond donors (Lipinski definition) is 0. The third-order valence-electron chi connectivity index (χ3n) is 4.62. The molecule has 5 nitrogen and oxygen atoms in total. The molecule has 0 spiro atoms. The average molecular weight is 422 g/mol. The second kappa shape index (κ2) is 8.19. The van der Waals surface area contributed by atoms with Crippen molar-refractivity contribution in [3.63, 3.8) is 0 Å². The van der Waals surface area contributed by atoms with E-state index in [0.717, 1.165) is 17.0 Å². The van der Waals surface area contributed by atoms with Gasteiger partial charge in [0.1, 0.15) is 23.3 Å². The van der Waals surface area contributed by atoms with Gasteiger partial charge in [0, 0.05) is 31.8 Å². The lowest BCUT2D eigenvalue weighted by Gasteiger charge is -2.15. The summed E-state index contributed by atoms with van der Waals surface area (Å²) in [5.41, 5.74) is 2.55. The lowest BCUT2D eigenvalue weighted by Crippen LogP contribution is -2.22. The molecular weight excluding hydrogens is 397 g/mol. The first-order valence-electron chi connectivity index (χ1n) is 9.14. The number of aromatic nitrogens is 3. The highest BCUT2D eigenvalue weighted by molar-refractivity contribution is 6.76. The molecule has 0 aliphatic rings. The Morgan fingerprint density at radius 3 is 2.68 bits per heavy atom. The number of methoxy groups -OCH3 is 1. The number of halogens is 2. The van der Waals surface area contributed by atoms with Crippen LogP contribution in [0.15, 0.2) is 24.5 Å². The molecule has 0 aliphatic heterocycles. The van der Waals surface area contributed by atoms with E-state index in [1.807, 2.05) is 16.8 Å². The molecule has 0 atom stereocenters. The van der Waals surface area contributed by atoms with E-state index in [1.165, 1.54) is 13.3 Å². The van der Waals surface area contributed by atoms with Gasteiger partial charge in [-0.2, -0.15) is 0 Å². The van der Waals surface area contributed by atoms with Gasteiger partial charge in [-0.05, 0) is 30.7 Å². The van der Waals surface area contributed by atoms with Crippen LogP contribution in [0.2, 0.25) is 30.8 Å². The first kappa shape index (κ1) is 20.8. The summed E-state index contributed by atoms with van der Waals surface area (Å²) in [6, 6.07) is 4.68. The van der Waals surface area contributed by atoms with Gasteiger partial charge in [-0.1, -0.05) is 31.2 Å². The van der Waals surface area contributed by atoms with Gasteiger partial charge in [0.15, 0.2) is 0 Å². The van der Waals surface area contributed by atoms with Crippen molar-refractivity contribution in [2.45, 2.75) is 39.3 Å². The van der Waals surface area contributed by atoms with E-state index in [2.05, 4.69) is 29.6 Å². The highest BCUT2D eigenvalue weighted by atomic mass is 35.5. The Morgan fingerprint density at radius 2 is 2.00 bits per heavy atom. The molecule has 0 radical (unpaired) electrons. The highest BCUT2D eigenvalue weighted by Crippen LogP contribution is 2.38. The lowest BCUT2D eigenvalue weighted by molar-refractivity contribution is 0.0899. The minimum absolute atomic E-state index is 0.346. The van der Waals surface area contributed by atoms with Crippen molar-refractivity contribution in [2.75, 3.05) is 13.7 Å². The van der Waals surface area contributed by atoms with Crippen molar-refractivity contribution in [1.82, 2.24) is 14.5 Å². The van der Waals surface area contributed by atoms with Gasteiger partial charge in [0.2, 0.25) is 5.88 Å². The highest BCUT2D eigenvalue weighted by Gasteiger charge is 2.20. The normalized spacial score (nSPS) is 12.0. The SMILES string of the molecule is COc1ncc(F)c(C)c1-c1cn(COCC[Si](C)(C)C)c2nc(Cl)ccc12. The minimum Gasteiger partial charge on any atom is -0.481 e. The van der Waals surface area contributed by atoms with E-state index >= 15 is 0 Å². The number of nitrogens with zero attached hydrogens (tertiary/aromatic N) is 3. The van der Waals surface area contributed by atoms with Gasteiger partial charge in [-0.25, -0.2) is 14.4 Å². The summed E-state index contributed by atoms with van der Waals surface area (Å²) in [4.78, 5) is 8.55. The summed E-state index contributed by atoms with van der Waals surface area (Å²) in [7, 11) is 0.356. The molecule has 0 saturated heterocycles. The number of ether oxygens (including phenoxy) is 2. The van der Waals surface area contributed by atoms with Crippen LogP contribution in [0.25, 0.3) is 22.2 Å². The Balaban J connectivity index is 2.05. The molecule has 0 unspecified atom stereocenters. The number of pyridine rings is 2. The van der Waals surface area contributed by atoms with E-state index in [-0.39, 0.29) is 5.82 Å². The van der Waals surface area contributed by atoms with E-state index in [9.17, 15) is 4.39 Å². The molecule has 0 saturated carbocycles. The molecule has 0 bridgehead atoms. The smallest absolute Gasteiger partial charge is 0.221 e. The van der Waals surface area contributed by atoms with Gasteiger partial charge in [-0.15, -0.1) is 0 Å². The van der Waals surface area contributed by atoms with E-state index in [1.54, 1.807) is 13.0 Å². The summed E-state index contributed by atoms with van der Waals surface area (Å²) in [6.07, 6.45) is 3.07. The number of rotatable bonds is 7. The maximum absolute atomic E-state index is 14.2. The molecule has 8 heteroatoms. The van der Waals surface area contributed by atoms with Crippen molar-refractivity contribution in [1.29, 1.82) is 0 Å². The molecule has 28 heavy (non-hydrogen) atoms. The molecule has 0 N–H and O–H groups in total. The molecule has 0 aromatic carbocycles. The summed E-state index contributed by atoms with van der Waals surface area (Å²) in [5.74, 6) is -0.0161. The van der Waals surface area contributed by atoms with Crippen LogP contribution in [-0.4, -0.2) is 36.3 Å². The van der Waals surface area contributed by atoms with Crippen LogP contribution in [0.4, 0.5) is 4.39 Å². The van der Waals surface area contributed by atoms with Crippen LogP contribution in [0.5, 0.6) is 5.88 Å². The number of hydrogen-bond acceptors (Lipinski definition) is 4. The second-order valence-electron chi connectivity index (χ2n) is 7.98. The van der Waals surface area contributed by atoms with Crippen molar-refractivity contribution in [3.05, 3.63) is 41.1 Å². The molecule has 3 rings (SSSR count). The first-order valence-corrected chi connectivity index (χ1v) is 13.2. The lowest BCUT2D eigenvalue weighted by atomic mass is 10.0. The molecule has 3 aromatic rings. The molecule has 3 aromatic heterocycles. The predicted molar refractivity (Wildman–Crippen MR) is 113 cm³/mol. The van der Waals surface area contributed by atoms with Gasteiger partial charge in [-0.3, -0.25) is 0 Å². The zero-order valence-corrected chi connectivity index (χ0v) is 18.6. The van der Waals surface area contributed by atoms with Gasteiger partial charge in [0.05, 0.1) is 18.9 Å². The fourth-order valence-electron chi connectivity index (χ4n) is 3.01. The maximum Gasteiger partial charge on any atom is 0.221 e. The molecule has 0 fully saturated rings. The van der Waals surface area contributed by atoms with E-state index in [0.29, 0.717) is 41.1 Å².